The van der Waals surface area contributed by atoms with E-state index in [4.69, 9.17) is 9.47 Å². The van der Waals surface area contributed by atoms with Gasteiger partial charge in [0, 0.05) is 23.1 Å². The fourth-order valence-electron chi connectivity index (χ4n) is 3.44. The molecule has 4 aromatic rings. The lowest BCUT2D eigenvalue weighted by Gasteiger charge is -2.10. The quantitative estimate of drug-likeness (QED) is 0.362. The minimum atomic E-state index is -0.614. The van der Waals surface area contributed by atoms with E-state index in [1.165, 1.54) is 7.11 Å². The molecule has 182 valence electrons. The summed E-state index contributed by atoms with van der Waals surface area (Å²) in [5.74, 6) is -0.885. The van der Waals surface area contributed by atoms with E-state index in [-0.39, 0.29) is 5.91 Å². The third-order valence-corrected chi connectivity index (χ3v) is 5.30. The second-order valence-corrected chi connectivity index (χ2v) is 7.79. The van der Waals surface area contributed by atoms with Crippen LogP contribution in [0.1, 0.15) is 26.4 Å². The lowest BCUT2D eigenvalue weighted by Crippen LogP contribution is -2.21. The van der Waals surface area contributed by atoms with Crippen LogP contribution in [0.2, 0.25) is 0 Å². The molecule has 0 atom stereocenters. The van der Waals surface area contributed by atoms with E-state index in [0.717, 1.165) is 11.4 Å². The highest BCUT2D eigenvalue weighted by Gasteiger charge is 2.13. The molecule has 0 bridgehead atoms. The number of carbonyl (C=O) groups excluding carboxylic acids is 3. The van der Waals surface area contributed by atoms with E-state index in [0.29, 0.717) is 28.3 Å². The van der Waals surface area contributed by atoms with Gasteiger partial charge in [0.2, 0.25) is 0 Å². The topological polar surface area (TPSA) is 112 Å². The number of para-hydroxylation sites is 2. The standard InChI is InChI=1S/C27H24N4O5/c1-18-15-16-28-31(18)22-13-9-20(10-14-22)27(34)36-17-25(32)29-21-11-7-19(8-12-21)26(33)30-23-5-3-4-6-24(23)35-2/h3-16H,17H2,1-2H3,(H,29,32)(H,30,33). The molecule has 9 heteroatoms. The lowest BCUT2D eigenvalue weighted by atomic mass is 10.2. The van der Waals surface area contributed by atoms with Gasteiger partial charge >= 0.3 is 5.97 Å². The van der Waals surface area contributed by atoms with Gasteiger partial charge in [-0.05, 0) is 73.7 Å². The van der Waals surface area contributed by atoms with Gasteiger partial charge in [-0.25, -0.2) is 9.48 Å². The molecule has 0 aliphatic rings. The van der Waals surface area contributed by atoms with Crippen LogP contribution in [-0.4, -0.2) is 41.3 Å². The molecule has 0 aliphatic carbocycles. The molecule has 0 saturated heterocycles. The average molecular weight is 485 g/mol. The molecule has 2 N–H and O–H groups in total. The maximum absolute atomic E-state index is 12.5. The third kappa shape index (κ3) is 5.76. The predicted molar refractivity (Wildman–Crippen MR) is 135 cm³/mol. The summed E-state index contributed by atoms with van der Waals surface area (Å²) in [6, 6.07) is 22.0. The van der Waals surface area contributed by atoms with Crippen molar-refractivity contribution in [2.24, 2.45) is 0 Å². The summed E-state index contributed by atoms with van der Waals surface area (Å²) in [5, 5.41) is 9.64. The van der Waals surface area contributed by atoms with Crippen molar-refractivity contribution in [3.05, 3.63) is 102 Å². The number of benzene rings is 3. The molecule has 36 heavy (non-hydrogen) atoms. The summed E-state index contributed by atoms with van der Waals surface area (Å²) in [6.45, 7) is 1.48. The first-order valence-electron chi connectivity index (χ1n) is 11.1. The molecule has 1 heterocycles. The van der Waals surface area contributed by atoms with Crippen molar-refractivity contribution in [3.63, 3.8) is 0 Å². The molecule has 0 spiro atoms. The van der Waals surface area contributed by atoms with E-state index >= 15 is 0 Å². The minimum Gasteiger partial charge on any atom is -0.495 e. The Balaban J connectivity index is 1.28. The number of amides is 2. The molecule has 1 aromatic heterocycles. The van der Waals surface area contributed by atoms with Crippen LogP contribution in [0.5, 0.6) is 5.75 Å². The van der Waals surface area contributed by atoms with Crippen molar-refractivity contribution in [1.82, 2.24) is 9.78 Å². The van der Waals surface area contributed by atoms with Gasteiger partial charge in [0.1, 0.15) is 5.75 Å². The molecule has 0 radical (unpaired) electrons. The van der Waals surface area contributed by atoms with E-state index in [1.54, 1.807) is 77.6 Å². The van der Waals surface area contributed by atoms with E-state index in [2.05, 4.69) is 15.7 Å². The Kier molecular flexibility index (Phi) is 7.40. The van der Waals surface area contributed by atoms with Crippen LogP contribution < -0.4 is 15.4 Å². The van der Waals surface area contributed by atoms with Crippen LogP contribution in [-0.2, 0) is 9.53 Å². The number of hydrogen-bond donors (Lipinski definition) is 2. The molecule has 2 amide bonds. The molecular formula is C27H24N4O5. The molecular weight excluding hydrogens is 460 g/mol. The Labute approximate surface area is 207 Å². The second-order valence-electron chi connectivity index (χ2n) is 7.79. The molecule has 9 nitrogen and oxygen atoms in total. The number of methoxy groups -OCH3 is 1. The average Bonchev–Trinajstić information content (AvgIpc) is 3.33. The van der Waals surface area contributed by atoms with Crippen LogP contribution in [0.15, 0.2) is 85.1 Å². The normalized spacial score (nSPS) is 10.4. The van der Waals surface area contributed by atoms with Gasteiger partial charge in [0.05, 0.1) is 24.0 Å². The fraction of sp³-hybridized carbons (Fsp3) is 0.111. The first kappa shape index (κ1) is 24.2. The fourth-order valence-corrected chi connectivity index (χ4v) is 3.44. The smallest absolute Gasteiger partial charge is 0.338 e. The Bertz CT molecular complexity index is 1380. The maximum Gasteiger partial charge on any atom is 0.338 e. The summed E-state index contributed by atoms with van der Waals surface area (Å²) in [4.78, 5) is 37.1. The van der Waals surface area contributed by atoms with Crippen LogP contribution >= 0.6 is 0 Å². The summed E-state index contributed by atoms with van der Waals surface area (Å²) in [7, 11) is 1.53. The van der Waals surface area contributed by atoms with E-state index < -0.39 is 18.5 Å². The van der Waals surface area contributed by atoms with Gasteiger partial charge in [-0.1, -0.05) is 12.1 Å². The SMILES string of the molecule is COc1ccccc1NC(=O)c1ccc(NC(=O)COC(=O)c2ccc(-n3nccc3C)cc2)cc1. The molecule has 4 rings (SSSR count). The third-order valence-electron chi connectivity index (χ3n) is 5.30. The summed E-state index contributed by atoms with van der Waals surface area (Å²) in [6.07, 6.45) is 1.70. The number of rotatable bonds is 8. The number of aromatic nitrogens is 2. The summed E-state index contributed by atoms with van der Waals surface area (Å²) >= 11 is 0. The molecule has 3 aromatic carbocycles. The lowest BCUT2D eigenvalue weighted by molar-refractivity contribution is -0.119. The van der Waals surface area contributed by atoms with Crippen molar-refractivity contribution >= 4 is 29.2 Å². The number of anilines is 2. The van der Waals surface area contributed by atoms with Gasteiger partial charge in [-0.3, -0.25) is 9.59 Å². The van der Waals surface area contributed by atoms with Crippen molar-refractivity contribution in [1.29, 1.82) is 0 Å². The van der Waals surface area contributed by atoms with Gasteiger partial charge < -0.3 is 20.1 Å². The van der Waals surface area contributed by atoms with Crippen molar-refractivity contribution in [2.45, 2.75) is 6.92 Å². The van der Waals surface area contributed by atoms with Gasteiger partial charge in [0.15, 0.2) is 6.61 Å². The minimum absolute atomic E-state index is 0.319. The van der Waals surface area contributed by atoms with Crippen LogP contribution in [0.3, 0.4) is 0 Å². The van der Waals surface area contributed by atoms with E-state index in [9.17, 15) is 14.4 Å². The number of hydrogen-bond acceptors (Lipinski definition) is 6. The van der Waals surface area contributed by atoms with Gasteiger partial charge in [-0.2, -0.15) is 5.10 Å². The number of esters is 1. The Hall–Kier alpha value is -4.92. The first-order chi connectivity index (χ1) is 17.4. The molecule has 0 aliphatic heterocycles. The van der Waals surface area contributed by atoms with Crippen LogP contribution in [0.25, 0.3) is 5.69 Å². The zero-order valence-corrected chi connectivity index (χ0v) is 19.7. The molecule has 0 fully saturated rings. The molecule has 0 unspecified atom stereocenters. The molecule has 0 saturated carbocycles. The van der Waals surface area contributed by atoms with Crippen LogP contribution in [0, 0.1) is 6.92 Å². The van der Waals surface area contributed by atoms with Gasteiger partial charge in [-0.15, -0.1) is 0 Å². The van der Waals surface area contributed by atoms with Crippen molar-refractivity contribution in [3.8, 4) is 11.4 Å². The Morgan fingerprint density at radius 1 is 0.861 bits per heavy atom. The number of nitrogens with one attached hydrogen (secondary N) is 2. The highest BCUT2D eigenvalue weighted by Crippen LogP contribution is 2.24. The first-order valence-corrected chi connectivity index (χ1v) is 11.1. The zero-order chi connectivity index (χ0) is 25.5. The largest absolute Gasteiger partial charge is 0.495 e. The number of aryl methyl sites for hydroxylation is 1. The number of nitrogens with zero attached hydrogens (tertiary/aromatic N) is 2. The summed E-state index contributed by atoms with van der Waals surface area (Å²) < 4.78 is 12.1. The number of carbonyl (C=O) groups is 3. The predicted octanol–water partition coefficient (Wildman–Crippen LogP) is 4.24. The highest BCUT2D eigenvalue weighted by atomic mass is 16.5. The summed E-state index contributed by atoms with van der Waals surface area (Å²) in [5.41, 5.74) is 3.51. The van der Waals surface area contributed by atoms with Gasteiger partial charge in [0.25, 0.3) is 11.8 Å². The van der Waals surface area contributed by atoms with Crippen molar-refractivity contribution < 1.29 is 23.9 Å². The second kappa shape index (κ2) is 11.0. The monoisotopic (exact) mass is 484 g/mol. The maximum atomic E-state index is 12.5. The Morgan fingerprint density at radius 2 is 1.56 bits per heavy atom. The van der Waals surface area contributed by atoms with E-state index in [1.807, 2.05) is 19.1 Å². The van der Waals surface area contributed by atoms with Crippen LogP contribution in [0.4, 0.5) is 11.4 Å². The Morgan fingerprint density at radius 3 is 2.22 bits per heavy atom. The van der Waals surface area contributed by atoms with Crippen molar-refractivity contribution in [2.75, 3.05) is 24.4 Å². The zero-order valence-electron chi connectivity index (χ0n) is 19.7. The highest BCUT2D eigenvalue weighted by molar-refractivity contribution is 6.05. The number of ether oxygens (including phenoxy) is 2.